The predicted molar refractivity (Wildman–Crippen MR) is 119 cm³/mol. The Kier molecular flexibility index (Phi) is 5.80. The largest absolute Gasteiger partial charge is 0.355 e. The lowest BCUT2D eigenvalue weighted by Crippen LogP contribution is -2.52. The molecule has 0 unspecified atom stereocenters. The molecule has 1 N–H and O–H groups in total. The molecule has 3 aromatic carbocycles. The highest BCUT2D eigenvalue weighted by Gasteiger charge is 2.33. The van der Waals surface area contributed by atoms with Crippen LogP contribution in [0, 0.1) is 0 Å². The Bertz CT molecular complexity index is 1020. The average molecular weight is 399 g/mol. The first kappa shape index (κ1) is 19.7. The Morgan fingerprint density at radius 3 is 2.17 bits per heavy atom. The molecule has 5 heteroatoms. The Labute approximate surface area is 176 Å². The first-order valence-corrected chi connectivity index (χ1v) is 10.2. The molecule has 2 amide bonds. The van der Waals surface area contributed by atoms with Crippen LogP contribution in [0.3, 0.4) is 0 Å². The van der Waals surface area contributed by atoms with Crippen LogP contribution in [-0.2, 0) is 4.79 Å². The maximum Gasteiger partial charge on any atom is 0.256 e. The average Bonchev–Trinajstić information content (AvgIpc) is 2.80. The van der Waals surface area contributed by atoms with Crippen LogP contribution in [0.15, 0.2) is 84.9 Å². The normalized spacial score (nSPS) is 16.2. The number of benzene rings is 3. The summed E-state index contributed by atoms with van der Waals surface area (Å²) in [5.74, 6) is 0.000241. The molecule has 1 aliphatic rings. The smallest absolute Gasteiger partial charge is 0.256 e. The quantitative estimate of drug-likeness (QED) is 0.704. The van der Waals surface area contributed by atoms with E-state index in [1.54, 1.807) is 6.92 Å². The van der Waals surface area contributed by atoms with E-state index in [0.29, 0.717) is 25.2 Å². The Balaban J connectivity index is 1.65. The molecule has 1 saturated heterocycles. The molecule has 3 aromatic rings. The summed E-state index contributed by atoms with van der Waals surface area (Å²) in [6.45, 7) is 3.12. The minimum atomic E-state index is -0.180. The summed E-state index contributed by atoms with van der Waals surface area (Å²) in [7, 11) is 0. The van der Waals surface area contributed by atoms with Crippen LogP contribution in [0.1, 0.15) is 28.9 Å². The van der Waals surface area contributed by atoms with E-state index >= 15 is 0 Å². The third kappa shape index (κ3) is 4.20. The van der Waals surface area contributed by atoms with Crippen molar-refractivity contribution in [1.29, 1.82) is 0 Å². The van der Waals surface area contributed by atoms with Crippen molar-refractivity contribution >= 4 is 23.2 Å². The van der Waals surface area contributed by atoms with Gasteiger partial charge >= 0.3 is 0 Å². The highest BCUT2D eigenvalue weighted by atomic mass is 16.2. The molecular formula is C25H25N3O2. The molecule has 0 spiro atoms. The van der Waals surface area contributed by atoms with Crippen molar-refractivity contribution in [1.82, 2.24) is 9.80 Å². The zero-order valence-corrected chi connectivity index (χ0v) is 17.0. The predicted octanol–water partition coefficient (Wildman–Crippen LogP) is 4.48. The highest BCUT2D eigenvalue weighted by molar-refractivity contribution is 6.00. The van der Waals surface area contributed by atoms with E-state index in [9.17, 15) is 9.59 Å². The Morgan fingerprint density at radius 1 is 0.833 bits per heavy atom. The zero-order chi connectivity index (χ0) is 20.9. The summed E-state index contributed by atoms with van der Waals surface area (Å²) in [5.41, 5.74) is 3.36. The van der Waals surface area contributed by atoms with Gasteiger partial charge in [0.05, 0.1) is 17.3 Å². The fourth-order valence-electron chi connectivity index (χ4n) is 3.88. The topological polar surface area (TPSA) is 52.7 Å². The molecule has 1 fully saturated rings. The van der Waals surface area contributed by atoms with Crippen LogP contribution in [-0.4, -0.2) is 41.2 Å². The fourth-order valence-corrected chi connectivity index (χ4v) is 3.88. The summed E-state index contributed by atoms with van der Waals surface area (Å²) in [4.78, 5) is 29.3. The van der Waals surface area contributed by atoms with Crippen LogP contribution in [0.4, 0.5) is 11.4 Å². The number of nitrogens with one attached hydrogen (secondary N) is 1. The standard InChI is InChI=1S/C25H25N3O2/c1-19(29)27-16-17-28(24(18-27)20-10-4-2-5-11-20)25(30)22-14-8-9-15-23(22)26-21-12-6-3-7-13-21/h2-15,24,26H,16-18H2,1H3/t24-/m1/s1. The van der Waals surface area contributed by atoms with Gasteiger partial charge in [-0.2, -0.15) is 0 Å². The van der Waals surface area contributed by atoms with E-state index in [-0.39, 0.29) is 17.9 Å². The molecule has 1 aliphatic heterocycles. The van der Waals surface area contributed by atoms with E-state index in [2.05, 4.69) is 5.32 Å². The van der Waals surface area contributed by atoms with Gasteiger partial charge in [0.15, 0.2) is 0 Å². The van der Waals surface area contributed by atoms with Gasteiger partial charge in [-0.05, 0) is 29.8 Å². The number of hydrogen-bond donors (Lipinski definition) is 1. The van der Waals surface area contributed by atoms with Gasteiger partial charge in [-0.1, -0.05) is 60.7 Å². The maximum atomic E-state index is 13.7. The number of nitrogens with zero attached hydrogens (tertiary/aromatic N) is 2. The van der Waals surface area contributed by atoms with Crippen LogP contribution in [0.5, 0.6) is 0 Å². The molecule has 1 atom stereocenters. The van der Waals surface area contributed by atoms with E-state index in [1.807, 2.05) is 94.7 Å². The second-order valence-corrected chi connectivity index (χ2v) is 7.43. The molecule has 0 saturated carbocycles. The maximum absolute atomic E-state index is 13.7. The van der Waals surface area contributed by atoms with Crippen molar-refractivity contribution in [2.24, 2.45) is 0 Å². The monoisotopic (exact) mass is 399 g/mol. The lowest BCUT2D eigenvalue weighted by molar-refractivity contribution is -0.131. The number of amides is 2. The Hall–Kier alpha value is -3.60. The van der Waals surface area contributed by atoms with Gasteiger partial charge in [0.25, 0.3) is 5.91 Å². The second kappa shape index (κ2) is 8.82. The van der Waals surface area contributed by atoms with Gasteiger partial charge in [-0.3, -0.25) is 9.59 Å². The van der Waals surface area contributed by atoms with Crippen molar-refractivity contribution in [2.75, 3.05) is 25.0 Å². The number of rotatable bonds is 4. The number of hydrogen-bond acceptors (Lipinski definition) is 3. The lowest BCUT2D eigenvalue weighted by Gasteiger charge is -2.41. The molecule has 0 aliphatic carbocycles. The van der Waals surface area contributed by atoms with Crippen molar-refractivity contribution in [3.63, 3.8) is 0 Å². The number of anilines is 2. The summed E-state index contributed by atoms with van der Waals surface area (Å²) in [6.07, 6.45) is 0. The number of carbonyl (C=O) groups excluding carboxylic acids is 2. The van der Waals surface area contributed by atoms with Gasteiger partial charge < -0.3 is 15.1 Å². The van der Waals surface area contributed by atoms with Crippen molar-refractivity contribution in [3.8, 4) is 0 Å². The Morgan fingerprint density at radius 2 is 1.47 bits per heavy atom. The van der Waals surface area contributed by atoms with Crippen LogP contribution >= 0.6 is 0 Å². The minimum absolute atomic E-state index is 0.0360. The minimum Gasteiger partial charge on any atom is -0.355 e. The number of carbonyl (C=O) groups is 2. The molecule has 30 heavy (non-hydrogen) atoms. The molecule has 152 valence electrons. The number of piperazine rings is 1. The van der Waals surface area contributed by atoms with E-state index in [4.69, 9.17) is 0 Å². The molecule has 4 rings (SSSR count). The second-order valence-electron chi connectivity index (χ2n) is 7.43. The van der Waals surface area contributed by atoms with Gasteiger partial charge in [0, 0.05) is 32.2 Å². The molecule has 1 heterocycles. The fraction of sp³-hybridized carbons (Fsp3) is 0.200. The first-order chi connectivity index (χ1) is 14.6. The van der Waals surface area contributed by atoms with E-state index < -0.39 is 0 Å². The van der Waals surface area contributed by atoms with Crippen molar-refractivity contribution in [2.45, 2.75) is 13.0 Å². The summed E-state index contributed by atoms with van der Waals surface area (Å²) < 4.78 is 0. The summed E-state index contributed by atoms with van der Waals surface area (Å²) in [5, 5.41) is 3.36. The van der Waals surface area contributed by atoms with Gasteiger partial charge in [-0.25, -0.2) is 0 Å². The third-order valence-electron chi connectivity index (χ3n) is 5.48. The summed E-state index contributed by atoms with van der Waals surface area (Å²) in [6, 6.07) is 27.1. The highest BCUT2D eigenvalue weighted by Crippen LogP contribution is 2.30. The van der Waals surface area contributed by atoms with Crippen molar-refractivity contribution in [3.05, 3.63) is 96.1 Å². The zero-order valence-electron chi connectivity index (χ0n) is 17.0. The molecule has 0 radical (unpaired) electrons. The lowest BCUT2D eigenvalue weighted by atomic mass is 10.0. The van der Waals surface area contributed by atoms with Crippen LogP contribution in [0.2, 0.25) is 0 Å². The summed E-state index contributed by atoms with van der Waals surface area (Å²) >= 11 is 0. The van der Waals surface area contributed by atoms with Crippen LogP contribution in [0.25, 0.3) is 0 Å². The molecular weight excluding hydrogens is 374 g/mol. The van der Waals surface area contributed by atoms with Gasteiger partial charge in [0.2, 0.25) is 5.91 Å². The molecule has 0 aromatic heterocycles. The SMILES string of the molecule is CC(=O)N1CCN(C(=O)c2ccccc2Nc2ccccc2)[C@@H](c2ccccc2)C1. The third-order valence-corrected chi connectivity index (χ3v) is 5.48. The van der Waals surface area contributed by atoms with Crippen molar-refractivity contribution < 1.29 is 9.59 Å². The molecule has 0 bridgehead atoms. The molecule has 5 nitrogen and oxygen atoms in total. The van der Waals surface area contributed by atoms with E-state index in [1.165, 1.54) is 0 Å². The number of para-hydroxylation sites is 2. The van der Waals surface area contributed by atoms with Gasteiger partial charge in [0.1, 0.15) is 0 Å². The van der Waals surface area contributed by atoms with Gasteiger partial charge in [-0.15, -0.1) is 0 Å². The first-order valence-electron chi connectivity index (χ1n) is 10.2. The van der Waals surface area contributed by atoms with E-state index in [0.717, 1.165) is 16.9 Å². The van der Waals surface area contributed by atoms with Crippen LogP contribution < -0.4 is 5.32 Å².